The number of anilines is 2. The van der Waals surface area contributed by atoms with Gasteiger partial charge in [0.25, 0.3) is 0 Å². The minimum Gasteiger partial charge on any atom is -0.491 e. The maximum Gasteiger partial charge on any atom is 0.243 e. The Morgan fingerprint density at radius 3 is 2.65 bits per heavy atom. The van der Waals surface area contributed by atoms with E-state index in [1.165, 1.54) is 0 Å². The first-order valence-electron chi connectivity index (χ1n) is 7.87. The molecular formula is C19H24N2O2. The van der Waals surface area contributed by atoms with Crippen molar-refractivity contribution in [1.29, 1.82) is 0 Å². The second-order valence-corrected chi connectivity index (χ2v) is 5.97. The SMILES string of the molecule is Cc1cccc(NCC(=O)Nc2ccccc2OCC(C)C)c1. The van der Waals surface area contributed by atoms with Crippen LogP contribution in [0.2, 0.25) is 0 Å². The molecule has 0 aliphatic heterocycles. The summed E-state index contributed by atoms with van der Waals surface area (Å²) in [5, 5.41) is 6.02. The fourth-order valence-electron chi connectivity index (χ4n) is 2.08. The minimum absolute atomic E-state index is 0.105. The third-order valence-electron chi connectivity index (χ3n) is 3.20. The van der Waals surface area contributed by atoms with Crippen LogP contribution in [0, 0.1) is 12.8 Å². The predicted octanol–water partition coefficient (Wildman–Crippen LogP) is 4.08. The number of rotatable bonds is 7. The van der Waals surface area contributed by atoms with Gasteiger partial charge in [-0.25, -0.2) is 0 Å². The molecule has 0 radical (unpaired) electrons. The lowest BCUT2D eigenvalue weighted by atomic mass is 10.2. The number of para-hydroxylation sites is 2. The van der Waals surface area contributed by atoms with Gasteiger partial charge in [-0.05, 0) is 42.7 Å². The number of amides is 1. The van der Waals surface area contributed by atoms with E-state index in [4.69, 9.17) is 4.74 Å². The zero-order chi connectivity index (χ0) is 16.7. The third kappa shape index (κ3) is 5.66. The van der Waals surface area contributed by atoms with Gasteiger partial charge in [-0.15, -0.1) is 0 Å². The molecule has 1 amide bonds. The van der Waals surface area contributed by atoms with E-state index < -0.39 is 0 Å². The summed E-state index contributed by atoms with van der Waals surface area (Å²) in [6.45, 7) is 7.03. The van der Waals surface area contributed by atoms with Gasteiger partial charge in [-0.3, -0.25) is 4.79 Å². The Hall–Kier alpha value is -2.49. The molecule has 2 aromatic rings. The molecule has 0 aliphatic rings. The van der Waals surface area contributed by atoms with Crippen LogP contribution in [-0.4, -0.2) is 19.1 Å². The molecule has 2 rings (SSSR count). The molecule has 2 N–H and O–H groups in total. The zero-order valence-electron chi connectivity index (χ0n) is 13.9. The van der Waals surface area contributed by atoms with Crippen molar-refractivity contribution in [3.63, 3.8) is 0 Å². The van der Waals surface area contributed by atoms with E-state index in [9.17, 15) is 4.79 Å². The van der Waals surface area contributed by atoms with Gasteiger partial charge in [0.1, 0.15) is 5.75 Å². The van der Waals surface area contributed by atoms with Crippen molar-refractivity contribution in [2.75, 3.05) is 23.8 Å². The van der Waals surface area contributed by atoms with E-state index in [2.05, 4.69) is 24.5 Å². The van der Waals surface area contributed by atoms with Gasteiger partial charge < -0.3 is 15.4 Å². The van der Waals surface area contributed by atoms with Crippen molar-refractivity contribution >= 4 is 17.3 Å². The second kappa shape index (κ2) is 8.22. The van der Waals surface area contributed by atoms with E-state index in [0.717, 1.165) is 11.3 Å². The Kier molecular flexibility index (Phi) is 6.03. The highest BCUT2D eigenvalue weighted by atomic mass is 16.5. The van der Waals surface area contributed by atoms with Crippen molar-refractivity contribution in [3.8, 4) is 5.75 Å². The molecule has 0 bridgehead atoms. The number of hydrogen-bond acceptors (Lipinski definition) is 3. The van der Waals surface area contributed by atoms with Crippen LogP contribution in [0.3, 0.4) is 0 Å². The van der Waals surface area contributed by atoms with Gasteiger partial charge in [0.15, 0.2) is 0 Å². The van der Waals surface area contributed by atoms with Gasteiger partial charge in [-0.1, -0.05) is 38.1 Å². The van der Waals surface area contributed by atoms with Crippen molar-refractivity contribution in [1.82, 2.24) is 0 Å². The lowest BCUT2D eigenvalue weighted by Gasteiger charge is -2.14. The highest BCUT2D eigenvalue weighted by Crippen LogP contribution is 2.24. The summed E-state index contributed by atoms with van der Waals surface area (Å²) < 4.78 is 5.74. The fraction of sp³-hybridized carbons (Fsp3) is 0.316. The largest absolute Gasteiger partial charge is 0.491 e. The Balaban J connectivity index is 1.92. The van der Waals surface area contributed by atoms with Crippen molar-refractivity contribution < 1.29 is 9.53 Å². The first-order chi connectivity index (χ1) is 11.0. The Labute approximate surface area is 137 Å². The summed E-state index contributed by atoms with van der Waals surface area (Å²) in [5.41, 5.74) is 2.79. The van der Waals surface area contributed by atoms with Crippen LogP contribution in [-0.2, 0) is 4.79 Å². The normalized spacial score (nSPS) is 10.4. The van der Waals surface area contributed by atoms with Crippen LogP contribution in [0.4, 0.5) is 11.4 Å². The number of carbonyl (C=O) groups is 1. The number of nitrogens with one attached hydrogen (secondary N) is 2. The average Bonchev–Trinajstić information content (AvgIpc) is 2.52. The highest BCUT2D eigenvalue weighted by molar-refractivity contribution is 5.95. The summed E-state index contributed by atoms with van der Waals surface area (Å²) >= 11 is 0. The first-order valence-corrected chi connectivity index (χ1v) is 7.87. The second-order valence-electron chi connectivity index (χ2n) is 5.97. The Morgan fingerprint density at radius 2 is 1.91 bits per heavy atom. The lowest BCUT2D eigenvalue weighted by Crippen LogP contribution is -2.22. The van der Waals surface area contributed by atoms with E-state index in [1.54, 1.807) is 0 Å². The highest BCUT2D eigenvalue weighted by Gasteiger charge is 2.08. The molecule has 0 spiro atoms. The molecule has 0 atom stereocenters. The van der Waals surface area contributed by atoms with Crippen LogP contribution >= 0.6 is 0 Å². The first kappa shape index (κ1) is 16.9. The predicted molar refractivity (Wildman–Crippen MR) is 95.1 cm³/mol. The molecule has 23 heavy (non-hydrogen) atoms. The molecule has 122 valence electrons. The molecule has 0 fully saturated rings. The van der Waals surface area contributed by atoms with E-state index >= 15 is 0 Å². The molecular weight excluding hydrogens is 288 g/mol. The van der Waals surface area contributed by atoms with Crippen LogP contribution in [0.15, 0.2) is 48.5 Å². The van der Waals surface area contributed by atoms with E-state index in [-0.39, 0.29) is 12.5 Å². The summed E-state index contributed by atoms with van der Waals surface area (Å²) in [7, 11) is 0. The summed E-state index contributed by atoms with van der Waals surface area (Å²) in [6, 6.07) is 15.4. The molecule has 4 heteroatoms. The molecule has 4 nitrogen and oxygen atoms in total. The summed E-state index contributed by atoms with van der Waals surface area (Å²) in [6.07, 6.45) is 0. The number of ether oxygens (including phenoxy) is 1. The fourth-order valence-corrected chi connectivity index (χ4v) is 2.08. The monoisotopic (exact) mass is 312 g/mol. The summed E-state index contributed by atoms with van der Waals surface area (Å²) in [4.78, 5) is 12.1. The molecule has 0 unspecified atom stereocenters. The minimum atomic E-state index is -0.105. The van der Waals surface area contributed by atoms with Crippen LogP contribution in [0.1, 0.15) is 19.4 Å². The topological polar surface area (TPSA) is 50.4 Å². The molecule has 2 aromatic carbocycles. The van der Waals surface area contributed by atoms with Gasteiger partial charge in [0.05, 0.1) is 18.8 Å². The smallest absolute Gasteiger partial charge is 0.243 e. The number of aryl methyl sites for hydroxylation is 1. The molecule has 0 aromatic heterocycles. The van der Waals surface area contributed by atoms with Gasteiger partial charge in [0, 0.05) is 5.69 Å². The van der Waals surface area contributed by atoms with Gasteiger partial charge in [-0.2, -0.15) is 0 Å². The maximum atomic E-state index is 12.1. The van der Waals surface area contributed by atoms with Crippen LogP contribution in [0.5, 0.6) is 5.75 Å². The standard InChI is InChI=1S/C19H24N2O2/c1-14(2)13-23-18-10-5-4-9-17(18)21-19(22)12-20-16-8-6-7-15(3)11-16/h4-11,14,20H,12-13H2,1-3H3,(H,21,22). The van der Waals surface area contributed by atoms with E-state index in [1.807, 2.05) is 55.5 Å². The van der Waals surface area contributed by atoms with Crippen molar-refractivity contribution in [2.24, 2.45) is 5.92 Å². The van der Waals surface area contributed by atoms with Crippen LogP contribution in [0.25, 0.3) is 0 Å². The lowest BCUT2D eigenvalue weighted by molar-refractivity contribution is -0.114. The van der Waals surface area contributed by atoms with Gasteiger partial charge in [0.2, 0.25) is 5.91 Å². The molecule has 0 aliphatic carbocycles. The van der Waals surface area contributed by atoms with Crippen LogP contribution < -0.4 is 15.4 Å². The van der Waals surface area contributed by atoms with Crippen molar-refractivity contribution in [2.45, 2.75) is 20.8 Å². The number of hydrogen-bond donors (Lipinski definition) is 2. The van der Waals surface area contributed by atoms with Gasteiger partial charge >= 0.3 is 0 Å². The molecule has 0 saturated carbocycles. The Bertz CT molecular complexity index is 653. The maximum absolute atomic E-state index is 12.1. The average molecular weight is 312 g/mol. The summed E-state index contributed by atoms with van der Waals surface area (Å²) in [5.74, 6) is 1.03. The van der Waals surface area contributed by atoms with E-state index in [0.29, 0.717) is 24.0 Å². The Morgan fingerprint density at radius 1 is 1.13 bits per heavy atom. The number of carbonyl (C=O) groups excluding carboxylic acids is 1. The zero-order valence-corrected chi connectivity index (χ0v) is 13.9. The van der Waals surface area contributed by atoms with Crippen molar-refractivity contribution in [3.05, 3.63) is 54.1 Å². The quantitative estimate of drug-likeness (QED) is 0.810. The third-order valence-corrected chi connectivity index (χ3v) is 3.20. The molecule has 0 heterocycles. The number of benzene rings is 2. The molecule has 0 saturated heterocycles.